The molecule has 2 unspecified atom stereocenters. The number of rotatable bonds is 6. The highest BCUT2D eigenvalue weighted by molar-refractivity contribution is 6.08. The van der Waals surface area contributed by atoms with Crippen molar-refractivity contribution in [1.29, 1.82) is 0 Å². The number of carbonyl (C=O) groups excluding carboxylic acids is 1. The van der Waals surface area contributed by atoms with Crippen LogP contribution in [0.15, 0.2) is 45.5 Å². The third-order valence-corrected chi connectivity index (χ3v) is 5.39. The number of carbonyl (C=O) groups is 1. The van der Waals surface area contributed by atoms with Crippen LogP contribution >= 0.6 is 0 Å². The van der Waals surface area contributed by atoms with E-state index in [1.54, 1.807) is 26.0 Å². The van der Waals surface area contributed by atoms with Crippen LogP contribution in [0, 0.1) is 22.0 Å². The molecule has 166 valence electrons. The zero-order chi connectivity index (χ0) is 22.9. The largest absolute Gasteiger partial charge is 0.475 e. The molecular weight excluding hydrogens is 398 g/mol. The zero-order valence-corrected chi connectivity index (χ0v) is 18.8. The monoisotopic (exact) mass is 427 g/mol. The van der Waals surface area contributed by atoms with Crippen LogP contribution < -0.4 is 0 Å². The number of nitro benzene ring substituents is 1. The molecule has 0 saturated heterocycles. The molecule has 8 heteroatoms. The second-order valence-corrected chi connectivity index (χ2v) is 8.78. The Labute approximate surface area is 182 Å². The molecule has 0 N–H and O–H groups in total. The second-order valence-electron chi connectivity index (χ2n) is 8.78. The predicted octanol–water partition coefficient (Wildman–Crippen LogP) is 4.45. The van der Waals surface area contributed by atoms with Crippen LogP contribution in [0.25, 0.3) is 0 Å². The minimum absolute atomic E-state index is 0.0318. The van der Waals surface area contributed by atoms with E-state index in [-0.39, 0.29) is 18.2 Å². The molecule has 8 nitrogen and oxygen atoms in total. The van der Waals surface area contributed by atoms with Crippen LogP contribution in [0.2, 0.25) is 0 Å². The van der Waals surface area contributed by atoms with Gasteiger partial charge in [-0.25, -0.2) is 4.99 Å². The van der Waals surface area contributed by atoms with E-state index < -0.39 is 28.3 Å². The maximum atomic E-state index is 13.0. The van der Waals surface area contributed by atoms with Crippen molar-refractivity contribution in [1.82, 2.24) is 0 Å². The number of ether oxygens (including phenoxy) is 2. The molecule has 1 aromatic carbocycles. The predicted molar refractivity (Wildman–Crippen MR) is 118 cm³/mol. The van der Waals surface area contributed by atoms with Gasteiger partial charge in [-0.1, -0.05) is 26.0 Å². The Morgan fingerprint density at radius 2 is 2.10 bits per heavy atom. The van der Waals surface area contributed by atoms with Gasteiger partial charge in [-0.3, -0.25) is 19.9 Å². The summed E-state index contributed by atoms with van der Waals surface area (Å²) >= 11 is 0. The standard InChI is InChI=1S/C23H29N3O5/c1-7-30-22(27)17-14(4)24-20(13(2)3)19(21-25-23(5,6)12-31-21)18(17)15-9-8-10-16(11-15)26(28)29/h8-11,13,17-18H,7,12H2,1-6H3. The molecule has 2 atom stereocenters. The molecule has 0 fully saturated rings. The minimum atomic E-state index is -0.727. The van der Waals surface area contributed by atoms with Crippen LogP contribution in [0.5, 0.6) is 0 Å². The van der Waals surface area contributed by atoms with Crippen LogP contribution in [0.1, 0.15) is 53.0 Å². The van der Waals surface area contributed by atoms with Gasteiger partial charge in [-0.15, -0.1) is 0 Å². The third kappa shape index (κ3) is 4.52. The van der Waals surface area contributed by atoms with Gasteiger partial charge in [0.2, 0.25) is 5.90 Å². The molecule has 2 heterocycles. The average molecular weight is 428 g/mol. The molecule has 0 bridgehead atoms. The number of hydrogen-bond acceptors (Lipinski definition) is 7. The number of nitro groups is 1. The van der Waals surface area contributed by atoms with Crippen molar-refractivity contribution < 1.29 is 19.2 Å². The molecule has 0 saturated carbocycles. The first kappa shape index (κ1) is 22.7. The fraction of sp³-hybridized carbons (Fsp3) is 0.522. The van der Waals surface area contributed by atoms with Crippen LogP contribution in [-0.4, -0.2) is 41.3 Å². The summed E-state index contributed by atoms with van der Waals surface area (Å²) in [6.45, 7) is 12.2. The molecular formula is C23H29N3O5. The van der Waals surface area contributed by atoms with E-state index in [9.17, 15) is 14.9 Å². The topological polar surface area (TPSA) is 103 Å². The van der Waals surface area contributed by atoms with E-state index >= 15 is 0 Å². The lowest BCUT2D eigenvalue weighted by molar-refractivity contribution is -0.384. The Bertz CT molecular complexity index is 991. The Kier molecular flexibility index (Phi) is 6.29. The summed E-state index contributed by atoms with van der Waals surface area (Å²) in [4.78, 5) is 33.6. The van der Waals surface area contributed by atoms with Gasteiger partial charge in [-0.05, 0) is 39.2 Å². The Morgan fingerprint density at radius 3 is 2.65 bits per heavy atom. The van der Waals surface area contributed by atoms with Crippen molar-refractivity contribution in [2.75, 3.05) is 13.2 Å². The lowest BCUT2D eigenvalue weighted by Crippen LogP contribution is -2.37. The molecule has 0 aromatic heterocycles. The highest BCUT2D eigenvalue weighted by atomic mass is 16.6. The molecule has 2 aliphatic rings. The molecule has 3 rings (SSSR count). The number of nitrogens with zero attached hydrogens (tertiary/aromatic N) is 3. The third-order valence-electron chi connectivity index (χ3n) is 5.39. The van der Waals surface area contributed by atoms with Gasteiger partial charge in [0.05, 0.1) is 22.8 Å². The zero-order valence-electron chi connectivity index (χ0n) is 18.8. The van der Waals surface area contributed by atoms with Gasteiger partial charge in [0, 0.05) is 29.3 Å². The molecule has 0 amide bonds. The first-order valence-electron chi connectivity index (χ1n) is 10.5. The van der Waals surface area contributed by atoms with Gasteiger partial charge in [0.1, 0.15) is 12.5 Å². The molecule has 0 aliphatic carbocycles. The highest BCUT2D eigenvalue weighted by Crippen LogP contribution is 2.44. The Morgan fingerprint density at radius 1 is 1.39 bits per heavy atom. The fourth-order valence-electron chi connectivity index (χ4n) is 4.02. The van der Waals surface area contributed by atoms with Crippen LogP contribution in [0.4, 0.5) is 5.69 Å². The summed E-state index contributed by atoms with van der Waals surface area (Å²) in [6.07, 6.45) is 0. The molecule has 0 radical (unpaired) electrons. The minimum Gasteiger partial charge on any atom is -0.475 e. The number of hydrogen-bond donors (Lipinski definition) is 0. The van der Waals surface area contributed by atoms with Crippen molar-refractivity contribution >= 4 is 23.3 Å². The van der Waals surface area contributed by atoms with E-state index in [0.717, 1.165) is 5.70 Å². The van der Waals surface area contributed by atoms with Crippen LogP contribution in [0.3, 0.4) is 0 Å². The first-order valence-corrected chi connectivity index (χ1v) is 10.5. The molecule has 1 aromatic rings. The summed E-state index contributed by atoms with van der Waals surface area (Å²) in [6, 6.07) is 6.37. The van der Waals surface area contributed by atoms with Crippen molar-refractivity contribution in [3.8, 4) is 0 Å². The van der Waals surface area contributed by atoms with Crippen molar-refractivity contribution in [3.63, 3.8) is 0 Å². The summed E-state index contributed by atoms with van der Waals surface area (Å²) < 4.78 is 11.3. The number of non-ortho nitro benzene ring substituents is 1. The smallest absolute Gasteiger partial charge is 0.315 e. The Hall–Kier alpha value is -3.03. The normalized spacial score (nSPS) is 22.7. The summed E-state index contributed by atoms with van der Waals surface area (Å²) in [5.74, 6) is -1.23. The van der Waals surface area contributed by atoms with Crippen LogP contribution in [-0.2, 0) is 14.3 Å². The van der Waals surface area contributed by atoms with E-state index in [4.69, 9.17) is 19.5 Å². The Balaban J connectivity index is 2.29. The highest BCUT2D eigenvalue weighted by Gasteiger charge is 2.44. The lowest BCUT2D eigenvalue weighted by atomic mass is 9.74. The lowest BCUT2D eigenvalue weighted by Gasteiger charge is -2.33. The molecule has 0 spiro atoms. The summed E-state index contributed by atoms with van der Waals surface area (Å²) in [5, 5.41) is 11.4. The van der Waals surface area contributed by atoms with E-state index in [1.165, 1.54) is 12.1 Å². The van der Waals surface area contributed by atoms with E-state index in [2.05, 4.69) is 0 Å². The van der Waals surface area contributed by atoms with Gasteiger partial charge < -0.3 is 9.47 Å². The van der Waals surface area contributed by atoms with Crippen molar-refractivity contribution in [2.45, 2.75) is 53.0 Å². The fourth-order valence-corrected chi connectivity index (χ4v) is 4.02. The summed E-state index contributed by atoms with van der Waals surface area (Å²) in [5.41, 5.74) is 2.26. The second kappa shape index (κ2) is 8.61. The number of benzene rings is 1. The number of allylic oxidation sites excluding steroid dienone is 1. The maximum absolute atomic E-state index is 13.0. The van der Waals surface area contributed by atoms with Crippen molar-refractivity contribution in [3.05, 3.63) is 51.2 Å². The SMILES string of the molecule is CCOC(=O)C1C(C)=NC(C(C)C)=C(C2=NC(C)(C)CO2)C1c1cccc([N+](=O)[O-])c1. The van der Waals surface area contributed by atoms with Gasteiger partial charge in [-0.2, -0.15) is 0 Å². The van der Waals surface area contributed by atoms with E-state index in [0.29, 0.717) is 29.4 Å². The molecule has 31 heavy (non-hydrogen) atoms. The average Bonchev–Trinajstić information content (AvgIpc) is 3.06. The van der Waals surface area contributed by atoms with Gasteiger partial charge in [0.15, 0.2) is 0 Å². The quantitative estimate of drug-likeness (QED) is 0.379. The first-order chi connectivity index (χ1) is 14.6. The van der Waals surface area contributed by atoms with Gasteiger partial charge in [0.25, 0.3) is 5.69 Å². The number of esters is 1. The maximum Gasteiger partial charge on any atom is 0.315 e. The van der Waals surface area contributed by atoms with Gasteiger partial charge >= 0.3 is 5.97 Å². The van der Waals surface area contributed by atoms with Crippen molar-refractivity contribution in [2.24, 2.45) is 21.8 Å². The summed E-state index contributed by atoms with van der Waals surface area (Å²) in [7, 11) is 0. The number of aliphatic imine (C=N–C) groups is 2. The van der Waals surface area contributed by atoms with E-state index in [1.807, 2.05) is 27.7 Å². The molecule has 2 aliphatic heterocycles.